The van der Waals surface area contributed by atoms with Crippen LogP contribution >= 0.6 is 0 Å². The second kappa shape index (κ2) is 7.13. The molecule has 2 aliphatic heterocycles. The number of nitrogens with zero attached hydrogens (tertiary/aromatic N) is 3. The van der Waals surface area contributed by atoms with Crippen LogP contribution in [-0.4, -0.2) is 44.5 Å². The Kier molecular flexibility index (Phi) is 4.68. The van der Waals surface area contributed by atoms with E-state index >= 15 is 0 Å². The van der Waals surface area contributed by atoms with Gasteiger partial charge in [0, 0.05) is 31.6 Å². The average Bonchev–Trinajstić information content (AvgIpc) is 2.93. The standard InChI is InChI=1S/C20H23N3O4/c24-18(22-9-4-5-14(12-22)20(26)27)13-7-8-15-16(11-13)21-17-6-2-1-3-10-23(17)19(15)25/h7-8,11,14H,1-6,9-10,12H2,(H,26,27). The van der Waals surface area contributed by atoms with Crippen LogP contribution in [0.3, 0.4) is 0 Å². The number of hydrogen-bond donors (Lipinski definition) is 1. The highest BCUT2D eigenvalue weighted by Crippen LogP contribution is 2.21. The summed E-state index contributed by atoms with van der Waals surface area (Å²) >= 11 is 0. The minimum absolute atomic E-state index is 0.0418. The maximum atomic E-state index is 12.9. The van der Waals surface area contributed by atoms with E-state index in [2.05, 4.69) is 4.98 Å². The summed E-state index contributed by atoms with van der Waals surface area (Å²) in [6, 6.07) is 5.01. The SMILES string of the molecule is O=C(O)C1CCCN(C(=O)c2ccc3c(=O)n4c(nc3c2)CCCCC4)C1. The molecule has 1 atom stereocenters. The van der Waals surface area contributed by atoms with Gasteiger partial charge in [-0.25, -0.2) is 4.98 Å². The fourth-order valence-electron chi connectivity index (χ4n) is 4.10. The molecule has 1 aromatic heterocycles. The van der Waals surface area contributed by atoms with E-state index in [-0.39, 0.29) is 18.0 Å². The maximum Gasteiger partial charge on any atom is 0.308 e. The van der Waals surface area contributed by atoms with Gasteiger partial charge in [0.25, 0.3) is 11.5 Å². The number of hydrogen-bond acceptors (Lipinski definition) is 4. The van der Waals surface area contributed by atoms with Crippen LogP contribution in [0.15, 0.2) is 23.0 Å². The molecule has 27 heavy (non-hydrogen) atoms. The number of carboxylic acid groups (broad SMARTS) is 1. The summed E-state index contributed by atoms with van der Waals surface area (Å²) < 4.78 is 1.76. The number of likely N-dealkylation sites (tertiary alicyclic amines) is 1. The Bertz CT molecular complexity index is 966. The normalized spacial score (nSPS) is 20.1. The van der Waals surface area contributed by atoms with E-state index in [0.29, 0.717) is 42.4 Å². The number of aliphatic carboxylic acids is 1. The minimum atomic E-state index is -0.858. The summed E-state index contributed by atoms with van der Waals surface area (Å²) in [6.07, 6.45) is 5.14. The van der Waals surface area contributed by atoms with Crippen molar-refractivity contribution in [3.05, 3.63) is 39.9 Å². The molecule has 4 rings (SSSR count). The molecule has 3 heterocycles. The minimum Gasteiger partial charge on any atom is -0.481 e. The molecule has 0 saturated carbocycles. The first-order chi connectivity index (χ1) is 13.0. The van der Waals surface area contributed by atoms with E-state index in [1.807, 2.05) is 0 Å². The predicted octanol–water partition coefficient (Wildman–Crippen LogP) is 2.06. The molecule has 0 bridgehead atoms. The summed E-state index contributed by atoms with van der Waals surface area (Å²) in [6.45, 7) is 1.48. The van der Waals surface area contributed by atoms with Gasteiger partial charge in [0.15, 0.2) is 0 Å². The molecule has 7 nitrogen and oxygen atoms in total. The smallest absolute Gasteiger partial charge is 0.308 e. The van der Waals surface area contributed by atoms with Crippen molar-refractivity contribution in [2.24, 2.45) is 5.92 Å². The number of benzene rings is 1. The van der Waals surface area contributed by atoms with Gasteiger partial charge in [-0.05, 0) is 43.9 Å². The Labute approximate surface area is 156 Å². The van der Waals surface area contributed by atoms with Gasteiger partial charge in [0.2, 0.25) is 0 Å². The lowest BCUT2D eigenvalue weighted by Crippen LogP contribution is -2.42. The molecule has 1 fully saturated rings. The van der Waals surface area contributed by atoms with E-state index in [1.165, 1.54) is 0 Å². The number of rotatable bonds is 2. The van der Waals surface area contributed by atoms with Gasteiger partial charge in [-0.2, -0.15) is 0 Å². The van der Waals surface area contributed by atoms with Gasteiger partial charge in [-0.15, -0.1) is 0 Å². The molecule has 1 aromatic carbocycles. The second-order valence-corrected chi connectivity index (χ2v) is 7.46. The Balaban J connectivity index is 1.68. The van der Waals surface area contributed by atoms with Crippen molar-refractivity contribution in [3.8, 4) is 0 Å². The number of carboxylic acids is 1. The van der Waals surface area contributed by atoms with Crippen LogP contribution in [0.2, 0.25) is 0 Å². The van der Waals surface area contributed by atoms with Gasteiger partial charge < -0.3 is 10.0 Å². The Hall–Kier alpha value is -2.70. The first kappa shape index (κ1) is 17.7. The Morgan fingerprint density at radius 2 is 1.96 bits per heavy atom. The maximum absolute atomic E-state index is 12.9. The molecule has 7 heteroatoms. The Morgan fingerprint density at radius 1 is 1.11 bits per heavy atom. The number of carbonyl (C=O) groups is 2. The van der Waals surface area contributed by atoms with Crippen LogP contribution in [0.4, 0.5) is 0 Å². The van der Waals surface area contributed by atoms with Crippen LogP contribution < -0.4 is 5.56 Å². The number of aryl methyl sites for hydroxylation is 1. The number of carbonyl (C=O) groups excluding carboxylic acids is 1. The molecule has 1 unspecified atom stereocenters. The lowest BCUT2D eigenvalue weighted by atomic mass is 9.97. The van der Waals surface area contributed by atoms with Crippen molar-refractivity contribution >= 4 is 22.8 Å². The number of amides is 1. The highest BCUT2D eigenvalue weighted by atomic mass is 16.4. The van der Waals surface area contributed by atoms with Crippen LogP contribution in [0.5, 0.6) is 0 Å². The topological polar surface area (TPSA) is 92.5 Å². The molecule has 1 saturated heterocycles. The molecule has 0 spiro atoms. The molecule has 142 valence electrons. The van der Waals surface area contributed by atoms with Crippen LogP contribution in [-0.2, 0) is 17.8 Å². The van der Waals surface area contributed by atoms with Crippen molar-refractivity contribution in [1.82, 2.24) is 14.5 Å². The molecule has 1 amide bonds. The van der Waals surface area contributed by atoms with Crippen molar-refractivity contribution in [1.29, 1.82) is 0 Å². The summed E-state index contributed by atoms with van der Waals surface area (Å²) in [7, 11) is 0. The van der Waals surface area contributed by atoms with Crippen molar-refractivity contribution in [2.75, 3.05) is 13.1 Å². The molecule has 2 aliphatic rings. The molecule has 0 aliphatic carbocycles. The van der Waals surface area contributed by atoms with E-state index < -0.39 is 11.9 Å². The van der Waals surface area contributed by atoms with Gasteiger partial charge in [-0.3, -0.25) is 19.0 Å². The highest BCUT2D eigenvalue weighted by Gasteiger charge is 2.29. The zero-order valence-electron chi connectivity index (χ0n) is 15.2. The molecular weight excluding hydrogens is 346 g/mol. The fraction of sp³-hybridized carbons (Fsp3) is 0.500. The molecule has 0 radical (unpaired) electrons. The highest BCUT2D eigenvalue weighted by molar-refractivity contribution is 5.98. The second-order valence-electron chi connectivity index (χ2n) is 7.46. The van der Waals surface area contributed by atoms with Crippen molar-refractivity contribution in [2.45, 2.75) is 45.1 Å². The quantitative estimate of drug-likeness (QED) is 0.875. The van der Waals surface area contributed by atoms with Gasteiger partial charge in [-0.1, -0.05) is 6.42 Å². The third-order valence-corrected chi connectivity index (χ3v) is 5.62. The van der Waals surface area contributed by atoms with Crippen molar-refractivity contribution < 1.29 is 14.7 Å². The lowest BCUT2D eigenvalue weighted by Gasteiger charge is -2.30. The fourth-order valence-corrected chi connectivity index (χ4v) is 4.10. The largest absolute Gasteiger partial charge is 0.481 e. The van der Waals surface area contributed by atoms with E-state index in [4.69, 9.17) is 0 Å². The van der Waals surface area contributed by atoms with E-state index in [0.717, 1.165) is 31.5 Å². The van der Waals surface area contributed by atoms with Crippen molar-refractivity contribution in [3.63, 3.8) is 0 Å². The van der Waals surface area contributed by atoms with Gasteiger partial charge in [0.1, 0.15) is 5.82 Å². The zero-order chi connectivity index (χ0) is 19.0. The monoisotopic (exact) mass is 369 g/mol. The average molecular weight is 369 g/mol. The number of aromatic nitrogens is 2. The molecular formula is C20H23N3O4. The van der Waals surface area contributed by atoms with Gasteiger partial charge >= 0.3 is 5.97 Å². The van der Waals surface area contributed by atoms with Crippen LogP contribution in [0, 0.1) is 5.92 Å². The third-order valence-electron chi connectivity index (χ3n) is 5.62. The molecule has 1 N–H and O–H groups in total. The summed E-state index contributed by atoms with van der Waals surface area (Å²) in [5.41, 5.74) is 0.963. The van der Waals surface area contributed by atoms with Crippen LogP contribution in [0.1, 0.15) is 48.3 Å². The lowest BCUT2D eigenvalue weighted by molar-refractivity contribution is -0.143. The van der Waals surface area contributed by atoms with Gasteiger partial charge in [0.05, 0.1) is 16.8 Å². The molecule has 2 aromatic rings. The van der Waals surface area contributed by atoms with E-state index in [1.54, 1.807) is 27.7 Å². The number of fused-ring (bicyclic) bond motifs is 2. The first-order valence-corrected chi connectivity index (χ1v) is 9.60. The predicted molar refractivity (Wildman–Crippen MR) is 99.8 cm³/mol. The number of piperidine rings is 1. The summed E-state index contributed by atoms with van der Waals surface area (Å²) in [5, 5.41) is 9.76. The summed E-state index contributed by atoms with van der Waals surface area (Å²) in [4.78, 5) is 43.2. The summed E-state index contributed by atoms with van der Waals surface area (Å²) in [5.74, 6) is -0.775. The van der Waals surface area contributed by atoms with Crippen LogP contribution in [0.25, 0.3) is 10.9 Å². The third kappa shape index (κ3) is 3.34. The first-order valence-electron chi connectivity index (χ1n) is 9.60. The Morgan fingerprint density at radius 3 is 2.78 bits per heavy atom. The van der Waals surface area contributed by atoms with E-state index in [9.17, 15) is 19.5 Å². The zero-order valence-corrected chi connectivity index (χ0v) is 15.2.